The number of hydrogen-bond donors (Lipinski definition) is 1. The van der Waals surface area contributed by atoms with Gasteiger partial charge in [0.2, 0.25) is 0 Å². The van der Waals surface area contributed by atoms with E-state index in [1.165, 1.54) is 30.3 Å². The van der Waals surface area contributed by atoms with Gasteiger partial charge in [-0.1, -0.05) is 34.8 Å². The first kappa shape index (κ1) is 17.1. The molecule has 0 spiro atoms. The van der Waals surface area contributed by atoms with Gasteiger partial charge in [0.25, 0.3) is 15.9 Å². The number of amides is 1. The van der Waals surface area contributed by atoms with Gasteiger partial charge in [0.15, 0.2) is 0 Å². The number of carbonyl (C=O) groups excluding carboxylic acids is 1. The molecule has 2 aromatic carbocycles. The quantitative estimate of drug-likeness (QED) is 0.875. The molecule has 0 aliphatic carbocycles. The van der Waals surface area contributed by atoms with E-state index in [9.17, 15) is 13.2 Å². The van der Waals surface area contributed by atoms with Gasteiger partial charge < -0.3 is 0 Å². The largest absolute Gasteiger partial charge is 0.268 e. The molecule has 2 aromatic rings. The van der Waals surface area contributed by atoms with E-state index in [4.69, 9.17) is 34.8 Å². The molecule has 116 valence electrons. The molecule has 0 saturated heterocycles. The van der Waals surface area contributed by atoms with Gasteiger partial charge in [-0.3, -0.25) is 4.79 Å². The molecule has 0 aliphatic heterocycles. The molecule has 0 aliphatic rings. The summed E-state index contributed by atoms with van der Waals surface area (Å²) in [6, 6.07) is 8.32. The lowest BCUT2D eigenvalue weighted by Gasteiger charge is -2.09. The van der Waals surface area contributed by atoms with Crippen LogP contribution in [0.4, 0.5) is 0 Å². The van der Waals surface area contributed by atoms with Gasteiger partial charge in [-0.25, -0.2) is 13.1 Å². The fourth-order valence-electron chi connectivity index (χ4n) is 1.76. The van der Waals surface area contributed by atoms with E-state index < -0.39 is 15.9 Å². The molecule has 0 saturated carbocycles. The molecule has 0 unspecified atom stereocenters. The predicted octanol–water partition coefficient (Wildman–Crippen LogP) is 4.07. The first-order valence-corrected chi connectivity index (χ1v) is 8.61. The van der Waals surface area contributed by atoms with E-state index in [0.29, 0.717) is 10.6 Å². The summed E-state index contributed by atoms with van der Waals surface area (Å²) in [4.78, 5) is 12.0. The lowest BCUT2D eigenvalue weighted by atomic mass is 10.1. The molecule has 0 heterocycles. The molecule has 0 radical (unpaired) electrons. The molecule has 0 bridgehead atoms. The summed E-state index contributed by atoms with van der Waals surface area (Å²) in [5.41, 5.74) is 0.780. The predicted molar refractivity (Wildman–Crippen MR) is 87.3 cm³/mol. The van der Waals surface area contributed by atoms with Crippen molar-refractivity contribution in [3.63, 3.8) is 0 Å². The summed E-state index contributed by atoms with van der Waals surface area (Å²) >= 11 is 17.3. The molecule has 8 heteroatoms. The molecule has 22 heavy (non-hydrogen) atoms. The average Bonchev–Trinajstić information content (AvgIpc) is 2.40. The van der Waals surface area contributed by atoms with Crippen LogP contribution in [0.5, 0.6) is 0 Å². The Bertz CT molecular complexity index is 850. The number of sulfonamides is 1. The third kappa shape index (κ3) is 3.73. The molecule has 0 aromatic heterocycles. The van der Waals surface area contributed by atoms with Gasteiger partial charge in [0.05, 0.1) is 14.9 Å². The lowest BCUT2D eigenvalue weighted by Crippen LogP contribution is -2.31. The third-order valence-corrected chi connectivity index (χ3v) is 5.16. The second-order valence-electron chi connectivity index (χ2n) is 4.47. The summed E-state index contributed by atoms with van der Waals surface area (Å²) in [5, 5.41) is 0.765. The second kappa shape index (κ2) is 6.46. The maximum Gasteiger partial charge on any atom is 0.265 e. The average molecular weight is 379 g/mol. The maximum absolute atomic E-state index is 12.2. The molecular formula is C14H10Cl3NO3S. The highest BCUT2D eigenvalue weighted by Crippen LogP contribution is 2.25. The van der Waals surface area contributed by atoms with Crippen LogP contribution in [0.15, 0.2) is 41.3 Å². The monoisotopic (exact) mass is 377 g/mol. The summed E-state index contributed by atoms with van der Waals surface area (Å²) in [6.45, 7) is 1.66. The minimum Gasteiger partial charge on any atom is -0.268 e. The Labute approximate surface area is 143 Å². The zero-order chi connectivity index (χ0) is 16.5. The van der Waals surface area contributed by atoms with Crippen LogP contribution >= 0.6 is 34.8 Å². The SMILES string of the molecule is Cc1cc(Cl)ccc1C(=O)NS(=O)(=O)c1ccc(Cl)c(Cl)c1. The summed E-state index contributed by atoms with van der Waals surface area (Å²) in [6.07, 6.45) is 0. The fraction of sp³-hybridized carbons (Fsp3) is 0.0714. The van der Waals surface area contributed by atoms with E-state index in [2.05, 4.69) is 0 Å². The van der Waals surface area contributed by atoms with Crippen molar-refractivity contribution in [3.05, 3.63) is 62.6 Å². The molecule has 2 rings (SSSR count). The van der Waals surface area contributed by atoms with Crippen LogP contribution in [0.2, 0.25) is 15.1 Å². The van der Waals surface area contributed by atoms with Crippen molar-refractivity contribution in [3.8, 4) is 0 Å². The van der Waals surface area contributed by atoms with Crippen molar-refractivity contribution in [2.45, 2.75) is 11.8 Å². The third-order valence-electron chi connectivity index (χ3n) is 2.86. The van der Waals surface area contributed by atoms with Gasteiger partial charge >= 0.3 is 0 Å². The number of nitrogens with one attached hydrogen (secondary N) is 1. The van der Waals surface area contributed by atoms with Gasteiger partial charge in [-0.05, 0) is 48.9 Å². The van der Waals surface area contributed by atoms with Crippen molar-refractivity contribution >= 4 is 50.7 Å². The number of carbonyl (C=O) groups is 1. The zero-order valence-corrected chi connectivity index (χ0v) is 14.3. The molecule has 0 fully saturated rings. The maximum atomic E-state index is 12.2. The molecule has 4 nitrogen and oxygen atoms in total. The standard InChI is InChI=1S/C14H10Cl3NO3S/c1-8-6-9(15)2-4-11(8)14(19)18-22(20,21)10-3-5-12(16)13(17)7-10/h2-7H,1H3,(H,18,19). The Hall–Kier alpha value is -1.27. The highest BCUT2D eigenvalue weighted by molar-refractivity contribution is 7.90. The Morgan fingerprint density at radius 2 is 1.68 bits per heavy atom. The smallest absolute Gasteiger partial charge is 0.265 e. The highest BCUT2D eigenvalue weighted by Gasteiger charge is 2.20. The van der Waals surface area contributed by atoms with E-state index in [-0.39, 0.29) is 20.5 Å². The first-order valence-electron chi connectivity index (χ1n) is 5.99. The van der Waals surface area contributed by atoms with Gasteiger partial charge in [0, 0.05) is 10.6 Å². The Kier molecular flexibility index (Phi) is 5.02. The highest BCUT2D eigenvalue weighted by atomic mass is 35.5. The van der Waals surface area contributed by atoms with E-state index in [1.54, 1.807) is 13.0 Å². The van der Waals surface area contributed by atoms with Gasteiger partial charge in [0.1, 0.15) is 0 Å². The Morgan fingerprint density at radius 3 is 2.27 bits per heavy atom. The van der Waals surface area contributed by atoms with Crippen LogP contribution < -0.4 is 4.72 Å². The van der Waals surface area contributed by atoms with Crippen LogP contribution in [-0.4, -0.2) is 14.3 Å². The molecule has 1 amide bonds. The minimum absolute atomic E-state index is 0.0830. The van der Waals surface area contributed by atoms with Gasteiger partial charge in [-0.2, -0.15) is 0 Å². The van der Waals surface area contributed by atoms with Crippen LogP contribution in [0.1, 0.15) is 15.9 Å². The minimum atomic E-state index is -4.05. The Balaban J connectivity index is 2.31. The normalized spacial score (nSPS) is 11.3. The van der Waals surface area contributed by atoms with Crippen molar-refractivity contribution in [2.75, 3.05) is 0 Å². The number of rotatable bonds is 3. The van der Waals surface area contributed by atoms with E-state index in [1.807, 2.05) is 4.72 Å². The molecule has 1 N–H and O–H groups in total. The number of benzene rings is 2. The topological polar surface area (TPSA) is 63.2 Å². The zero-order valence-electron chi connectivity index (χ0n) is 11.2. The van der Waals surface area contributed by atoms with Crippen molar-refractivity contribution < 1.29 is 13.2 Å². The fourth-order valence-corrected chi connectivity index (χ4v) is 3.34. The molecule has 0 atom stereocenters. The Morgan fingerprint density at radius 1 is 1.00 bits per heavy atom. The van der Waals surface area contributed by atoms with Crippen molar-refractivity contribution in [2.24, 2.45) is 0 Å². The number of aryl methyl sites for hydroxylation is 1. The van der Waals surface area contributed by atoms with E-state index >= 15 is 0 Å². The van der Waals surface area contributed by atoms with Crippen molar-refractivity contribution in [1.29, 1.82) is 0 Å². The number of halogens is 3. The van der Waals surface area contributed by atoms with Crippen LogP contribution in [-0.2, 0) is 10.0 Å². The first-order chi connectivity index (χ1) is 10.2. The second-order valence-corrected chi connectivity index (χ2v) is 7.40. The number of hydrogen-bond acceptors (Lipinski definition) is 3. The van der Waals surface area contributed by atoms with Crippen LogP contribution in [0.3, 0.4) is 0 Å². The lowest BCUT2D eigenvalue weighted by molar-refractivity contribution is 0.0981. The molecular weight excluding hydrogens is 369 g/mol. The van der Waals surface area contributed by atoms with Gasteiger partial charge in [-0.15, -0.1) is 0 Å². The summed E-state index contributed by atoms with van der Waals surface area (Å²) in [7, 11) is -4.05. The van der Waals surface area contributed by atoms with Crippen molar-refractivity contribution in [1.82, 2.24) is 4.72 Å². The summed E-state index contributed by atoms with van der Waals surface area (Å²) in [5.74, 6) is -0.750. The van der Waals surface area contributed by atoms with E-state index in [0.717, 1.165) is 0 Å². The van der Waals surface area contributed by atoms with Crippen LogP contribution in [0, 0.1) is 6.92 Å². The van der Waals surface area contributed by atoms with Crippen LogP contribution in [0.25, 0.3) is 0 Å². The summed E-state index contributed by atoms with van der Waals surface area (Å²) < 4.78 is 26.4.